The molecule has 88 valence electrons. The first-order valence-corrected chi connectivity index (χ1v) is 5.81. The van der Waals surface area contributed by atoms with Crippen molar-refractivity contribution in [1.82, 2.24) is 5.32 Å². The summed E-state index contributed by atoms with van der Waals surface area (Å²) < 4.78 is 5.28. The Labute approximate surface area is 100 Å². The number of hydrogen-bond donors (Lipinski definition) is 2. The minimum absolute atomic E-state index is 0.628. The van der Waals surface area contributed by atoms with Crippen molar-refractivity contribution in [1.29, 1.82) is 0 Å². The van der Waals surface area contributed by atoms with Gasteiger partial charge < -0.3 is 15.2 Å². The van der Waals surface area contributed by atoms with Crippen molar-refractivity contribution < 1.29 is 9.84 Å². The molecule has 1 aromatic carbocycles. The first kappa shape index (κ1) is 11.7. The van der Waals surface area contributed by atoms with E-state index in [0.717, 1.165) is 18.7 Å². The minimum atomic E-state index is -0.818. The normalized spacial score (nSPS) is 19.4. The van der Waals surface area contributed by atoms with Crippen LogP contribution in [0.25, 0.3) is 0 Å². The molecule has 0 atom stereocenters. The monoisotopic (exact) mass is 241 g/mol. The second-order valence-corrected chi connectivity index (χ2v) is 4.56. The predicted octanol–water partition coefficient (Wildman–Crippen LogP) is 1.92. The molecule has 1 aliphatic rings. The van der Waals surface area contributed by atoms with E-state index in [9.17, 15) is 5.11 Å². The zero-order valence-corrected chi connectivity index (χ0v) is 10.0. The minimum Gasteiger partial charge on any atom is -0.496 e. The maximum absolute atomic E-state index is 10.6. The molecule has 0 radical (unpaired) electrons. The Kier molecular flexibility index (Phi) is 3.38. The Morgan fingerprint density at radius 1 is 1.38 bits per heavy atom. The lowest BCUT2D eigenvalue weighted by molar-refractivity contribution is 0.00394. The van der Waals surface area contributed by atoms with Crippen LogP contribution in [-0.2, 0) is 5.60 Å². The molecule has 1 aromatic rings. The lowest BCUT2D eigenvalue weighted by Gasteiger charge is -2.34. The highest BCUT2D eigenvalue weighted by Gasteiger charge is 2.33. The fourth-order valence-corrected chi connectivity index (χ4v) is 2.33. The SMILES string of the molecule is COc1ccc(Cl)cc1C1(O)CCNCC1. The van der Waals surface area contributed by atoms with Gasteiger partial charge in [-0.2, -0.15) is 0 Å². The van der Waals surface area contributed by atoms with Crippen LogP contribution in [0.3, 0.4) is 0 Å². The predicted molar refractivity (Wildman–Crippen MR) is 64.0 cm³/mol. The molecule has 16 heavy (non-hydrogen) atoms. The van der Waals surface area contributed by atoms with Crippen LogP contribution in [0.15, 0.2) is 18.2 Å². The van der Waals surface area contributed by atoms with Gasteiger partial charge >= 0.3 is 0 Å². The number of halogens is 1. The number of methoxy groups -OCH3 is 1. The van der Waals surface area contributed by atoms with E-state index in [0.29, 0.717) is 23.6 Å². The summed E-state index contributed by atoms with van der Waals surface area (Å²) in [6, 6.07) is 5.37. The van der Waals surface area contributed by atoms with Crippen molar-refractivity contribution in [3.8, 4) is 5.75 Å². The van der Waals surface area contributed by atoms with Crippen LogP contribution in [0.5, 0.6) is 5.75 Å². The fraction of sp³-hybridized carbons (Fsp3) is 0.500. The Morgan fingerprint density at radius 2 is 2.06 bits per heavy atom. The molecule has 0 unspecified atom stereocenters. The van der Waals surface area contributed by atoms with Gasteiger partial charge in [-0.3, -0.25) is 0 Å². The summed E-state index contributed by atoms with van der Waals surface area (Å²) in [5, 5.41) is 14.5. The summed E-state index contributed by atoms with van der Waals surface area (Å²) in [5.74, 6) is 0.703. The molecule has 0 saturated carbocycles. The van der Waals surface area contributed by atoms with Crippen molar-refractivity contribution in [2.45, 2.75) is 18.4 Å². The number of ether oxygens (including phenoxy) is 1. The third-order valence-corrected chi connectivity index (χ3v) is 3.33. The van der Waals surface area contributed by atoms with Gasteiger partial charge in [0.25, 0.3) is 0 Å². The van der Waals surface area contributed by atoms with Gasteiger partial charge in [0.05, 0.1) is 12.7 Å². The Balaban J connectivity index is 2.40. The van der Waals surface area contributed by atoms with Gasteiger partial charge in [0, 0.05) is 10.6 Å². The smallest absolute Gasteiger partial charge is 0.125 e. The second kappa shape index (κ2) is 4.62. The van der Waals surface area contributed by atoms with E-state index in [1.54, 1.807) is 25.3 Å². The number of piperidine rings is 1. The highest BCUT2D eigenvalue weighted by Crippen LogP contribution is 2.37. The topological polar surface area (TPSA) is 41.5 Å². The number of hydrogen-bond acceptors (Lipinski definition) is 3. The summed E-state index contributed by atoms with van der Waals surface area (Å²) in [6.07, 6.45) is 1.37. The first-order chi connectivity index (χ1) is 7.65. The van der Waals surface area contributed by atoms with E-state index in [4.69, 9.17) is 16.3 Å². The van der Waals surface area contributed by atoms with Crippen LogP contribution in [-0.4, -0.2) is 25.3 Å². The molecule has 4 heteroatoms. The van der Waals surface area contributed by atoms with Gasteiger partial charge in [0.1, 0.15) is 5.75 Å². The van der Waals surface area contributed by atoms with Crippen LogP contribution < -0.4 is 10.1 Å². The number of benzene rings is 1. The Hall–Kier alpha value is -0.770. The quantitative estimate of drug-likeness (QED) is 0.831. The van der Waals surface area contributed by atoms with Crippen molar-refractivity contribution in [3.63, 3.8) is 0 Å². The Bertz CT molecular complexity index is 375. The lowest BCUT2D eigenvalue weighted by atomic mass is 9.84. The number of rotatable bonds is 2. The van der Waals surface area contributed by atoms with Crippen molar-refractivity contribution in [3.05, 3.63) is 28.8 Å². The van der Waals surface area contributed by atoms with Crippen LogP contribution in [0.4, 0.5) is 0 Å². The van der Waals surface area contributed by atoms with Gasteiger partial charge in [-0.15, -0.1) is 0 Å². The van der Waals surface area contributed by atoms with Crippen LogP contribution >= 0.6 is 11.6 Å². The molecule has 0 spiro atoms. The molecule has 1 aliphatic heterocycles. The van der Waals surface area contributed by atoms with Crippen molar-refractivity contribution in [2.24, 2.45) is 0 Å². The summed E-state index contributed by atoms with van der Waals surface area (Å²) >= 11 is 5.97. The molecular formula is C12H16ClNO2. The van der Waals surface area contributed by atoms with E-state index in [1.165, 1.54) is 0 Å². The molecule has 2 N–H and O–H groups in total. The maximum Gasteiger partial charge on any atom is 0.125 e. The fourth-order valence-electron chi connectivity index (χ4n) is 2.15. The maximum atomic E-state index is 10.6. The summed E-state index contributed by atoms with van der Waals surface area (Å²) in [6.45, 7) is 1.62. The largest absolute Gasteiger partial charge is 0.496 e. The van der Waals surface area contributed by atoms with E-state index in [2.05, 4.69) is 5.32 Å². The van der Waals surface area contributed by atoms with Gasteiger partial charge in [0.15, 0.2) is 0 Å². The first-order valence-electron chi connectivity index (χ1n) is 5.43. The molecule has 0 aromatic heterocycles. The van der Waals surface area contributed by atoms with E-state index < -0.39 is 5.60 Å². The average molecular weight is 242 g/mol. The summed E-state index contributed by atoms with van der Waals surface area (Å²) in [7, 11) is 1.61. The van der Waals surface area contributed by atoms with E-state index in [1.807, 2.05) is 0 Å². The molecule has 1 fully saturated rings. The summed E-state index contributed by atoms with van der Waals surface area (Å²) in [5.41, 5.74) is -0.0226. The van der Waals surface area contributed by atoms with E-state index in [-0.39, 0.29) is 0 Å². The molecule has 1 saturated heterocycles. The van der Waals surface area contributed by atoms with Crippen molar-refractivity contribution in [2.75, 3.05) is 20.2 Å². The highest BCUT2D eigenvalue weighted by molar-refractivity contribution is 6.30. The standard InChI is InChI=1S/C12H16ClNO2/c1-16-11-3-2-9(13)8-10(11)12(15)4-6-14-7-5-12/h2-3,8,14-15H,4-7H2,1H3. The zero-order chi connectivity index (χ0) is 11.6. The van der Waals surface area contributed by atoms with E-state index >= 15 is 0 Å². The van der Waals surface area contributed by atoms with Gasteiger partial charge in [-0.05, 0) is 44.1 Å². The average Bonchev–Trinajstić information content (AvgIpc) is 2.30. The number of nitrogens with one attached hydrogen (secondary N) is 1. The highest BCUT2D eigenvalue weighted by atomic mass is 35.5. The molecule has 3 nitrogen and oxygen atoms in total. The molecule has 1 heterocycles. The molecular weight excluding hydrogens is 226 g/mol. The van der Waals surface area contributed by atoms with Crippen LogP contribution in [0.2, 0.25) is 5.02 Å². The van der Waals surface area contributed by atoms with Crippen LogP contribution in [0.1, 0.15) is 18.4 Å². The molecule has 0 bridgehead atoms. The van der Waals surface area contributed by atoms with Crippen molar-refractivity contribution >= 4 is 11.6 Å². The molecule has 0 aliphatic carbocycles. The molecule has 2 rings (SSSR count). The zero-order valence-electron chi connectivity index (χ0n) is 9.29. The second-order valence-electron chi connectivity index (χ2n) is 4.13. The number of aliphatic hydroxyl groups is 1. The third-order valence-electron chi connectivity index (χ3n) is 3.09. The van der Waals surface area contributed by atoms with Gasteiger partial charge in [0.2, 0.25) is 0 Å². The summed E-state index contributed by atoms with van der Waals surface area (Å²) in [4.78, 5) is 0. The van der Waals surface area contributed by atoms with Gasteiger partial charge in [-0.25, -0.2) is 0 Å². The van der Waals surface area contributed by atoms with Crippen LogP contribution in [0, 0.1) is 0 Å². The third kappa shape index (κ3) is 2.17. The lowest BCUT2D eigenvalue weighted by Crippen LogP contribution is -2.39. The van der Waals surface area contributed by atoms with Gasteiger partial charge in [-0.1, -0.05) is 11.6 Å². The molecule has 0 amide bonds. The Morgan fingerprint density at radius 3 is 2.69 bits per heavy atom.